The van der Waals surface area contributed by atoms with Crippen LogP contribution in [0.3, 0.4) is 0 Å². The topological polar surface area (TPSA) is 49.3 Å². The lowest BCUT2D eigenvalue weighted by molar-refractivity contribution is -0.119. The minimum Gasteiger partial charge on any atom is -0.504 e. The third kappa shape index (κ3) is 2.85. The van der Waals surface area contributed by atoms with E-state index in [1.165, 1.54) is 12.1 Å². The molecule has 0 atom stereocenters. The van der Waals surface area contributed by atoms with Gasteiger partial charge in [-0.25, -0.2) is 0 Å². The zero-order valence-corrected chi connectivity index (χ0v) is 10.7. The first-order valence-electron chi connectivity index (χ1n) is 5.57. The van der Waals surface area contributed by atoms with Crippen molar-refractivity contribution < 1.29 is 9.90 Å². The number of rotatable bonds is 2. The van der Waals surface area contributed by atoms with Crippen LogP contribution in [0, 0.1) is 5.92 Å². The van der Waals surface area contributed by atoms with Crippen LogP contribution >= 0.6 is 23.2 Å². The summed E-state index contributed by atoms with van der Waals surface area (Å²) in [5.41, 5.74) is 0.277. The van der Waals surface area contributed by atoms with Gasteiger partial charge in [0.25, 0.3) is 0 Å². The SMILES string of the molecule is O=C(Nc1cc(Cl)cc(Cl)c1O)C1CCCC1. The molecule has 92 valence electrons. The number of phenols is 1. The summed E-state index contributed by atoms with van der Waals surface area (Å²) >= 11 is 11.6. The first-order valence-corrected chi connectivity index (χ1v) is 6.32. The van der Waals surface area contributed by atoms with Crippen LogP contribution < -0.4 is 5.32 Å². The Labute approximate surface area is 110 Å². The largest absolute Gasteiger partial charge is 0.504 e. The van der Waals surface area contributed by atoms with E-state index in [1.807, 2.05) is 0 Å². The quantitative estimate of drug-likeness (QED) is 0.805. The van der Waals surface area contributed by atoms with Crippen LogP contribution in [0.2, 0.25) is 10.0 Å². The number of carbonyl (C=O) groups excluding carboxylic acids is 1. The van der Waals surface area contributed by atoms with Gasteiger partial charge in [0.2, 0.25) is 5.91 Å². The molecule has 0 saturated heterocycles. The second-order valence-electron chi connectivity index (χ2n) is 4.25. The molecule has 17 heavy (non-hydrogen) atoms. The molecular formula is C12H13Cl2NO2. The molecule has 1 aliphatic carbocycles. The van der Waals surface area contributed by atoms with Gasteiger partial charge in [-0.3, -0.25) is 4.79 Å². The fourth-order valence-corrected chi connectivity index (χ4v) is 2.58. The molecule has 0 aliphatic heterocycles. The van der Waals surface area contributed by atoms with Crippen molar-refractivity contribution in [2.45, 2.75) is 25.7 Å². The van der Waals surface area contributed by atoms with Crippen molar-refractivity contribution in [3.8, 4) is 5.75 Å². The molecule has 1 fully saturated rings. The van der Waals surface area contributed by atoms with Crippen LogP contribution in [0.1, 0.15) is 25.7 Å². The average Bonchev–Trinajstić information content (AvgIpc) is 2.78. The Morgan fingerprint density at radius 1 is 1.29 bits per heavy atom. The predicted molar refractivity (Wildman–Crippen MR) is 68.7 cm³/mol. The summed E-state index contributed by atoms with van der Waals surface area (Å²) in [5.74, 6) is -0.175. The van der Waals surface area contributed by atoms with E-state index in [0.29, 0.717) is 5.02 Å². The molecular weight excluding hydrogens is 261 g/mol. The number of hydrogen-bond donors (Lipinski definition) is 2. The fourth-order valence-electron chi connectivity index (χ4n) is 2.08. The van der Waals surface area contributed by atoms with Gasteiger partial charge in [0, 0.05) is 10.9 Å². The van der Waals surface area contributed by atoms with Gasteiger partial charge >= 0.3 is 0 Å². The number of anilines is 1. The van der Waals surface area contributed by atoms with E-state index in [4.69, 9.17) is 23.2 Å². The molecule has 1 aromatic carbocycles. The lowest BCUT2D eigenvalue weighted by atomic mass is 10.1. The molecule has 0 unspecified atom stereocenters. The molecule has 0 bridgehead atoms. The summed E-state index contributed by atoms with van der Waals surface area (Å²) in [6, 6.07) is 2.93. The summed E-state index contributed by atoms with van der Waals surface area (Å²) in [4.78, 5) is 11.9. The van der Waals surface area contributed by atoms with Crippen molar-refractivity contribution in [1.29, 1.82) is 0 Å². The van der Waals surface area contributed by atoms with Crippen LogP contribution in [-0.4, -0.2) is 11.0 Å². The monoisotopic (exact) mass is 273 g/mol. The lowest BCUT2D eigenvalue weighted by Gasteiger charge is -2.12. The van der Waals surface area contributed by atoms with Gasteiger partial charge in [-0.15, -0.1) is 0 Å². The summed E-state index contributed by atoms with van der Waals surface area (Å²) in [5, 5.41) is 12.9. The molecule has 1 aromatic rings. The van der Waals surface area contributed by atoms with Crippen LogP contribution in [0.15, 0.2) is 12.1 Å². The summed E-state index contributed by atoms with van der Waals surface area (Å²) in [6.07, 6.45) is 3.97. The van der Waals surface area contributed by atoms with E-state index >= 15 is 0 Å². The van der Waals surface area contributed by atoms with Crippen LogP contribution in [0.25, 0.3) is 0 Å². The molecule has 5 heteroatoms. The van der Waals surface area contributed by atoms with Crippen LogP contribution in [-0.2, 0) is 4.79 Å². The first kappa shape index (κ1) is 12.5. The second-order valence-corrected chi connectivity index (χ2v) is 5.10. The normalized spacial score (nSPS) is 16.1. The summed E-state index contributed by atoms with van der Waals surface area (Å²) in [6.45, 7) is 0. The number of nitrogens with one attached hydrogen (secondary N) is 1. The van der Waals surface area contributed by atoms with Crippen LogP contribution in [0.5, 0.6) is 5.75 Å². The van der Waals surface area contributed by atoms with Gasteiger partial charge in [-0.1, -0.05) is 36.0 Å². The molecule has 3 nitrogen and oxygen atoms in total. The number of hydrogen-bond acceptors (Lipinski definition) is 2. The molecule has 0 aromatic heterocycles. The molecule has 1 saturated carbocycles. The van der Waals surface area contributed by atoms with Crippen molar-refractivity contribution in [1.82, 2.24) is 0 Å². The van der Waals surface area contributed by atoms with E-state index < -0.39 is 0 Å². The van der Waals surface area contributed by atoms with Gasteiger partial charge < -0.3 is 10.4 Å². The smallest absolute Gasteiger partial charge is 0.227 e. The van der Waals surface area contributed by atoms with E-state index in [9.17, 15) is 9.90 Å². The number of halogens is 2. The maximum absolute atomic E-state index is 11.9. The molecule has 2 N–H and O–H groups in total. The van der Waals surface area contributed by atoms with E-state index in [0.717, 1.165) is 25.7 Å². The molecule has 0 heterocycles. The average molecular weight is 274 g/mol. The van der Waals surface area contributed by atoms with Crippen molar-refractivity contribution in [2.75, 3.05) is 5.32 Å². The zero-order valence-electron chi connectivity index (χ0n) is 9.17. The number of carbonyl (C=O) groups is 1. The Kier molecular flexibility index (Phi) is 3.79. The highest BCUT2D eigenvalue weighted by Gasteiger charge is 2.23. The lowest BCUT2D eigenvalue weighted by Crippen LogP contribution is -2.20. The Bertz CT molecular complexity index is 442. The summed E-state index contributed by atoms with van der Waals surface area (Å²) < 4.78 is 0. The van der Waals surface area contributed by atoms with Crippen molar-refractivity contribution in [3.05, 3.63) is 22.2 Å². The molecule has 2 rings (SSSR count). The van der Waals surface area contributed by atoms with E-state index in [2.05, 4.69) is 5.32 Å². The highest BCUT2D eigenvalue weighted by Crippen LogP contribution is 2.36. The van der Waals surface area contributed by atoms with Crippen molar-refractivity contribution in [3.63, 3.8) is 0 Å². The van der Waals surface area contributed by atoms with Gasteiger partial charge in [-0.05, 0) is 25.0 Å². The predicted octanol–water partition coefficient (Wildman–Crippen LogP) is 3.83. The number of phenolic OH excluding ortho intramolecular Hbond substituents is 1. The van der Waals surface area contributed by atoms with Crippen LogP contribution in [0.4, 0.5) is 5.69 Å². The van der Waals surface area contributed by atoms with Gasteiger partial charge in [0.1, 0.15) is 0 Å². The standard InChI is InChI=1S/C12H13Cl2NO2/c13-8-5-9(14)11(16)10(6-8)15-12(17)7-3-1-2-4-7/h5-7,16H,1-4H2,(H,15,17). The zero-order chi connectivity index (χ0) is 12.4. The molecule has 0 spiro atoms. The van der Waals surface area contributed by atoms with Gasteiger partial charge in [0.05, 0.1) is 10.7 Å². The number of amides is 1. The van der Waals surface area contributed by atoms with E-state index in [1.54, 1.807) is 0 Å². The second kappa shape index (κ2) is 5.15. The first-order chi connectivity index (χ1) is 8.08. The Hall–Kier alpha value is -0.930. The van der Waals surface area contributed by atoms with Crippen molar-refractivity contribution in [2.24, 2.45) is 5.92 Å². The van der Waals surface area contributed by atoms with Crippen molar-refractivity contribution >= 4 is 34.8 Å². The Morgan fingerprint density at radius 2 is 1.94 bits per heavy atom. The van der Waals surface area contributed by atoms with Gasteiger partial charge in [0.15, 0.2) is 5.75 Å². The highest BCUT2D eigenvalue weighted by molar-refractivity contribution is 6.36. The fraction of sp³-hybridized carbons (Fsp3) is 0.417. The minimum absolute atomic E-state index is 0.0344. The maximum atomic E-state index is 11.9. The third-order valence-electron chi connectivity index (χ3n) is 3.01. The van der Waals surface area contributed by atoms with Gasteiger partial charge in [-0.2, -0.15) is 0 Å². The summed E-state index contributed by atoms with van der Waals surface area (Å²) in [7, 11) is 0. The number of aromatic hydroxyl groups is 1. The maximum Gasteiger partial charge on any atom is 0.227 e. The number of benzene rings is 1. The molecule has 1 amide bonds. The Morgan fingerprint density at radius 3 is 2.59 bits per heavy atom. The Balaban J connectivity index is 2.15. The molecule has 0 radical (unpaired) electrons. The molecule has 1 aliphatic rings. The minimum atomic E-state index is -0.137. The highest BCUT2D eigenvalue weighted by atomic mass is 35.5. The third-order valence-corrected chi connectivity index (χ3v) is 3.52. The van der Waals surface area contributed by atoms with E-state index in [-0.39, 0.29) is 28.3 Å².